The highest BCUT2D eigenvalue weighted by molar-refractivity contribution is 6.04. The molecule has 0 spiro atoms. The molecule has 2 aromatic carbocycles. The lowest BCUT2D eigenvalue weighted by atomic mass is 10.2. The molecule has 0 aliphatic rings. The number of halogens is 1. The Morgan fingerprint density at radius 1 is 1.11 bits per heavy atom. The van der Waals surface area contributed by atoms with E-state index in [-0.39, 0.29) is 5.56 Å². The minimum absolute atomic E-state index is 0.0333. The van der Waals surface area contributed by atoms with Crippen molar-refractivity contribution in [3.8, 4) is 0 Å². The van der Waals surface area contributed by atoms with Gasteiger partial charge in [0.25, 0.3) is 5.91 Å². The van der Waals surface area contributed by atoms with Crippen LogP contribution in [0.25, 0.3) is 0 Å². The zero-order valence-electron chi connectivity index (χ0n) is 9.39. The highest BCUT2D eigenvalue weighted by atomic mass is 19.1. The second-order valence-corrected chi connectivity index (χ2v) is 3.68. The van der Waals surface area contributed by atoms with Gasteiger partial charge in [-0.2, -0.15) is 0 Å². The third-order valence-corrected chi connectivity index (χ3v) is 2.40. The predicted octanol–water partition coefficient (Wildman–Crippen LogP) is 2.89. The van der Waals surface area contributed by atoms with Crippen molar-refractivity contribution in [2.75, 3.05) is 5.32 Å². The van der Waals surface area contributed by atoms with E-state index in [9.17, 15) is 14.0 Å². The second-order valence-electron chi connectivity index (χ2n) is 3.68. The molecule has 0 saturated carbocycles. The Morgan fingerprint density at radius 2 is 1.89 bits per heavy atom. The van der Waals surface area contributed by atoms with Crippen LogP contribution in [0, 0.1) is 5.82 Å². The molecule has 0 radical (unpaired) electrons. The van der Waals surface area contributed by atoms with Crippen LogP contribution in [-0.2, 0) is 0 Å². The van der Waals surface area contributed by atoms with Gasteiger partial charge in [0.2, 0.25) is 0 Å². The number of carbonyl (C=O) groups is 2. The van der Waals surface area contributed by atoms with Crippen LogP contribution in [0.3, 0.4) is 0 Å². The summed E-state index contributed by atoms with van der Waals surface area (Å²) in [6.45, 7) is 0. The van der Waals surface area contributed by atoms with E-state index in [4.69, 9.17) is 0 Å². The Morgan fingerprint density at radius 3 is 2.61 bits per heavy atom. The molecule has 2 rings (SSSR count). The normalized spacial score (nSPS) is 9.83. The maximum Gasteiger partial charge on any atom is 0.258 e. The quantitative estimate of drug-likeness (QED) is 0.842. The molecule has 3 nitrogen and oxygen atoms in total. The van der Waals surface area contributed by atoms with E-state index in [0.717, 1.165) is 0 Å². The van der Waals surface area contributed by atoms with E-state index in [0.29, 0.717) is 17.5 Å². The Bertz CT molecular complexity index is 596. The smallest absolute Gasteiger partial charge is 0.258 e. The Labute approximate surface area is 103 Å². The van der Waals surface area contributed by atoms with Crippen molar-refractivity contribution in [2.24, 2.45) is 0 Å². The Kier molecular flexibility index (Phi) is 3.48. The van der Waals surface area contributed by atoms with E-state index < -0.39 is 11.7 Å². The van der Waals surface area contributed by atoms with Crippen molar-refractivity contribution in [1.29, 1.82) is 0 Å². The molecule has 0 fully saturated rings. The van der Waals surface area contributed by atoms with E-state index >= 15 is 0 Å². The van der Waals surface area contributed by atoms with Crippen LogP contribution in [0.5, 0.6) is 0 Å². The highest BCUT2D eigenvalue weighted by Gasteiger charge is 2.10. The summed E-state index contributed by atoms with van der Waals surface area (Å²) in [5.74, 6) is -1.13. The first kappa shape index (κ1) is 12.0. The largest absolute Gasteiger partial charge is 0.322 e. The van der Waals surface area contributed by atoms with Gasteiger partial charge in [0.15, 0.2) is 0 Å². The van der Waals surface area contributed by atoms with Gasteiger partial charge in [-0.05, 0) is 24.3 Å². The first-order valence-electron chi connectivity index (χ1n) is 5.32. The Balaban J connectivity index is 2.21. The molecule has 0 aliphatic heterocycles. The lowest BCUT2D eigenvalue weighted by Crippen LogP contribution is -2.13. The molecule has 1 amide bonds. The fourth-order valence-corrected chi connectivity index (χ4v) is 1.53. The molecule has 90 valence electrons. The van der Waals surface area contributed by atoms with Crippen molar-refractivity contribution >= 4 is 17.9 Å². The molecule has 4 heteroatoms. The van der Waals surface area contributed by atoms with Crippen molar-refractivity contribution in [2.45, 2.75) is 0 Å². The van der Waals surface area contributed by atoms with Gasteiger partial charge in [-0.25, -0.2) is 4.39 Å². The SMILES string of the molecule is O=Cc1cccc(NC(=O)c2ccccc2F)c1. The van der Waals surface area contributed by atoms with E-state index in [1.54, 1.807) is 24.3 Å². The van der Waals surface area contributed by atoms with E-state index in [1.807, 2.05) is 0 Å². The maximum atomic E-state index is 13.4. The van der Waals surface area contributed by atoms with Gasteiger partial charge in [0.1, 0.15) is 12.1 Å². The zero-order valence-corrected chi connectivity index (χ0v) is 9.39. The van der Waals surface area contributed by atoms with Crippen molar-refractivity contribution in [3.63, 3.8) is 0 Å². The van der Waals surface area contributed by atoms with Crippen LogP contribution < -0.4 is 5.32 Å². The number of anilines is 1. The predicted molar refractivity (Wildman–Crippen MR) is 66.2 cm³/mol. The third-order valence-electron chi connectivity index (χ3n) is 2.40. The average Bonchev–Trinajstić information content (AvgIpc) is 2.39. The van der Waals surface area contributed by atoms with Gasteiger partial charge in [0.05, 0.1) is 5.56 Å². The standard InChI is InChI=1S/C14H10FNO2/c15-13-7-2-1-6-12(13)14(18)16-11-5-3-4-10(8-11)9-17/h1-9H,(H,16,18). The molecular formula is C14H10FNO2. The summed E-state index contributed by atoms with van der Waals surface area (Å²) in [5.41, 5.74) is 0.864. The summed E-state index contributed by atoms with van der Waals surface area (Å²) in [7, 11) is 0. The lowest BCUT2D eigenvalue weighted by Gasteiger charge is -2.06. The van der Waals surface area contributed by atoms with Gasteiger partial charge >= 0.3 is 0 Å². The number of amides is 1. The molecular weight excluding hydrogens is 233 g/mol. The van der Waals surface area contributed by atoms with E-state index in [1.165, 1.54) is 24.3 Å². The summed E-state index contributed by atoms with van der Waals surface area (Å²) < 4.78 is 13.4. The van der Waals surface area contributed by atoms with Crippen LogP contribution >= 0.6 is 0 Å². The van der Waals surface area contributed by atoms with E-state index in [2.05, 4.69) is 5.32 Å². The number of aldehydes is 1. The summed E-state index contributed by atoms with van der Waals surface area (Å²) in [6, 6.07) is 12.1. The van der Waals surface area contributed by atoms with Crippen molar-refractivity contribution in [1.82, 2.24) is 0 Å². The number of benzene rings is 2. The Hall–Kier alpha value is -2.49. The lowest BCUT2D eigenvalue weighted by molar-refractivity contribution is 0.102. The van der Waals surface area contributed by atoms with Gasteiger partial charge < -0.3 is 5.32 Å². The number of carbonyl (C=O) groups excluding carboxylic acids is 2. The van der Waals surface area contributed by atoms with Crippen LogP contribution in [0.2, 0.25) is 0 Å². The molecule has 18 heavy (non-hydrogen) atoms. The highest BCUT2D eigenvalue weighted by Crippen LogP contribution is 2.13. The molecule has 0 heterocycles. The minimum Gasteiger partial charge on any atom is -0.322 e. The van der Waals surface area contributed by atoms with Crippen LogP contribution in [0.1, 0.15) is 20.7 Å². The maximum absolute atomic E-state index is 13.4. The summed E-state index contributed by atoms with van der Waals surface area (Å²) >= 11 is 0. The van der Waals surface area contributed by atoms with Crippen LogP contribution in [-0.4, -0.2) is 12.2 Å². The molecule has 2 aromatic rings. The average molecular weight is 243 g/mol. The fraction of sp³-hybridized carbons (Fsp3) is 0. The van der Waals surface area contributed by atoms with Crippen LogP contribution in [0.4, 0.5) is 10.1 Å². The van der Waals surface area contributed by atoms with Crippen molar-refractivity contribution in [3.05, 3.63) is 65.5 Å². The van der Waals surface area contributed by atoms with Gasteiger partial charge in [-0.15, -0.1) is 0 Å². The number of rotatable bonds is 3. The fourth-order valence-electron chi connectivity index (χ4n) is 1.53. The molecule has 0 aliphatic carbocycles. The number of nitrogens with one attached hydrogen (secondary N) is 1. The topological polar surface area (TPSA) is 46.2 Å². The molecule has 1 N–H and O–H groups in total. The monoisotopic (exact) mass is 243 g/mol. The summed E-state index contributed by atoms with van der Waals surface area (Å²) in [6.07, 6.45) is 0.679. The summed E-state index contributed by atoms with van der Waals surface area (Å²) in [5, 5.41) is 2.54. The molecule has 0 aromatic heterocycles. The summed E-state index contributed by atoms with van der Waals surface area (Å²) in [4.78, 5) is 22.4. The minimum atomic E-state index is -0.582. The van der Waals surface area contributed by atoms with Crippen molar-refractivity contribution < 1.29 is 14.0 Å². The zero-order chi connectivity index (χ0) is 13.0. The number of hydrogen-bond acceptors (Lipinski definition) is 2. The first-order valence-corrected chi connectivity index (χ1v) is 5.32. The molecule has 0 saturated heterocycles. The second kappa shape index (κ2) is 5.23. The van der Waals surface area contributed by atoms with Gasteiger partial charge in [0, 0.05) is 11.3 Å². The third kappa shape index (κ3) is 2.60. The molecule has 0 unspecified atom stereocenters. The number of hydrogen-bond donors (Lipinski definition) is 1. The molecule has 0 bridgehead atoms. The van der Waals surface area contributed by atoms with Crippen LogP contribution in [0.15, 0.2) is 48.5 Å². The van der Waals surface area contributed by atoms with Gasteiger partial charge in [-0.1, -0.05) is 24.3 Å². The van der Waals surface area contributed by atoms with Gasteiger partial charge in [-0.3, -0.25) is 9.59 Å². The molecule has 0 atom stereocenters. The first-order chi connectivity index (χ1) is 8.70.